The summed E-state index contributed by atoms with van der Waals surface area (Å²) in [5.74, 6) is -0.484. The molecule has 1 atom stereocenters. The number of ether oxygens (including phenoxy) is 1. The maximum absolute atomic E-state index is 12.2. The average molecular weight is 325 g/mol. The molecule has 2 aromatic rings. The predicted octanol–water partition coefficient (Wildman–Crippen LogP) is 2.04. The Balaban J connectivity index is 1.93. The van der Waals surface area contributed by atoms with Crippen LogP contribution in [0.4, 0.5) is 8.78 Å². The Hall–Kier alpha value is -2.48. The molecule has 0 radical (unpaired) electrons. The van der Waals surface area contributed by atoms with Gasteiger partial charge < -0.3 is 15.2 Å². The Kier molecular flexibility index (Phi) is 5.64. The predicted molar refractivity (Wildman–Crippen MR) is 78.3 cm³/mol. The Labute approximate surface area is 131 Å². The van der Waals surface area contributed by atoms with Gasteiger partial charge in [-0.15, -0.1) is 0 Å². The zero-order valence-electron chi connectivity index (χ0n) is 12.4. The van der Waals surface area contributed by atoms with Gasteiger partial charge in [0.2, 0.25) is 0 Å². The van der Waals surface area contributed by atoms with Crippen LogP contribution in [0.5, 0.6) is 5.75 Å². The minimum Gasteiger partial charge on any atom is -0.435 e. The summed E-state index contributed by atoms with van der Waals surface area (Å²) in [4.78, 5) is 11.9. The standard InChI is InChI=1S/C15H17F2N3O3/c1-2-10-7-12(20-19-10)14(22)18-8-13(21)9-4-3-5-11(6-9)23-15(16)17/h3-7,13,15,21H,2,8H2,1H3,(H,18,22)(H,19,20). The molecule has 23 heavy (non-hydrogen) atoms. The van der Waals surface area contributed by atoms with E-state index in [2.05, 4.69) is 20.3 Å². The van der Waals surface area contributed by atoms with E-state index in [1.807, 2.05) is 6.92 Å². The number of halogens is 2. The number of aromatic amines is 1. The first-order chi connectivity index (χ1) is 11.0. The van der Waals surface area contributed by atoms with Gasteiger partial charge in [-0.3, -0.25) is 9.89 Å². The van der Waals surface area contributed by atoms with E-state index in [9.17, 15) is 18.7 Å². The first kappa shape index (κ1) is 16.9. The van der Waals surface area contributed by atoms with Gasteiger partial charge in [0, 0.05) is 12.2 Å². The number of hydrogen-bond donors (Lipinski definition) is 3. The molecule has 0 aliphatic rings. The highest BCUT2D eigenvalue weighted by molar-refractivity contribution is 5.92. The Bertz CT molecular complexity index is 661. The van der Waals surface area contributed by atoms with Crippen molar-refractivity contribution in [2.75, 3.05) is 6.54 Å². The minimum atomic E-state index is -2.94. The van der Waals surface area contributed by atoms with Crippen LogP contribution in [0, 0.1) is 0 Å². The number of alkyl halides is 2. The van der Waals surface area contributed by atoms with Gasteiger partial charge in [-0.25, -0.2) is 0 Å². The number of aliphatic hydroxyl groups is 1. The van der Waals surface area contributed by atoms with Crippen molar-refractivity contribution in [3.63, 3.8) is 0 Å². The maximum atomic E-state index is 12.2. The van der Waals surface area contributed by atoms with Crippen LogP contribution in [0.25, 0.3) is 0 Å². The molecule has 0 saturated carbocycles. The van der Waals surface area contributed by atoms with Crippen LogP contribution in [-0.4, -0.2) is 34.4 Å². The topological polar surface area (TPSA) is 87.2 Å². The van der Waals surface area contributed by atoms with Crippen LogP contribution in [0.1, 0.15) is 34.8 Å². The molecule has 2 rings (SSSR count). The highest BCUT2D eigenvalue weighted by Crippen LogP contribution is 2.20. The summed E-state index contributed by atoms with van der Waals surface area (Å²) in [5.41, 5.74) is 1.41. The summed E-state index contributed by atoms with van der Waals surface area (Å²) in [7, 11) is 0. The Morgan fingerprint density at radius 3 is 2.87 bits per heavy atom. The van der Waals surface area contributed by atoms with Crippen LogP contribution in [0.2, 0.25) is 0 Å². The van der Waals surface area contributed by atoms with Crippen molar-refractivity contribution >= 4 is 5.91 Å². The van der Waals surface area contributed by atoms with E-state index in [4.69, 9.17) is 0 Å². The smallest absolute Gasteiger partial charge is 0.387 e. The lowest BCUT2D eigenvalue weighted by molar-refractivity contribution is -0.0499. The van der Waals surface area contributed by atoms with Crippen molar-refractivity contribution in [3.8, 4) is 5.75 Å². The number of benzene rings is 1. The molecule has 8 heteroatoms. The fourth-order valence-electron chi connectivity index (χ4n) is 1.95. The number of rotatable bonds is 7. The second kappa shape index (κ2) is 7.68. The number of hydrogen-bond acceptors (Lipinski definition) is 4. The molecule has 1 aromatic heterocycles. The van der Waals surface area contributed by atoms with Crippen LogP contribution in [0.15, 0.2) is 30.3 Å². The lowest BCUT2D eigenvalue weighted by atomic mass is 10.1. The zero-order chi connectivity index (χ0) is 16.8. The zero-order valence-corrected chi connectivity index (χ0v) is 12.4. The molecule has 3 N–H and O–H groups in total. The third-order valence-electron chi connectivity index (χ3n) is 3.17. The molecule has 0 saturated heterocycles. The van der Waals surface area contributed by atoms with E-state index in [-0.39, 0.29) is 18.0 Å². The summed E-state index contributed by atoms with van der Waals surface area (Å²) in [5, 5.41) is 19.2. The second-order valence-corrected chi connectivity index (χ2v) is 4.81. The average Bonchev–Trinajstić information content (AvgIpc) is 3.01. The van der Waals surface area contributed by atoms with E-state index in [0.29, 0.717) is 5.56 Å². The summed E-state index contributed by atoms with van der Waals surface area (Å²) >= 11 is 0. The van der Waals surface area contributed by atoms with E-state index < -0.39 is 18.6 Å². The van der Waals surface area contributed by atoms with Gasteiger partial charge in [-0.1, -0.05) is 19.1 Å². The van der Waals surface area contributed by atoms with E-state index in [1.165, 1.54) is 18.2 Å². The molecule has 0 spiro atoms. The molecule has 1 amide bonds. The van der Waals surface area contributed by atoms with Crippen molar-refractivity contribution < 1.29 is 23.4 Å². The Morgan fingerprint density at radius 2 is 2.22 bits per heavy atom. The van der Waals surface area contributed by atoms with Crippen LogP contribution in [-0.2, 0) is 6.42 Å². The minimum absolute atomic E-state index is 0.0530. The number of nitrogens with one attached hydrogen (secondary N) is 2. The van der Waals surface area contributed by atoms with Gasteiger partial charge >= 0.3 is 6.61 Å². The largest absolute Gasteiger partial charge is 0.435 e. The van der Waals surface area contributed by atoms with Gasteiger partial charge in [0.15, 0.2) is 0 Å². The highest BCUT2D eigenvalue weighted by atomic mass is 19.3. The third kappa shape index (κ3) is 4.75. The van der Waals surface area contributed by atoms with E-state index in [0.717, 1.165) is 12.1 Å². The van der Waals surface area contributed by atoms with Gasteiger partial charge in [-0.2, -0.15) is 13.9 Å². The highest BCUT2D eigenvalue weighted by Gasteiger charge is 2.14. The van der Waals surface area contributed by atoms with Gasteiger partial charge in [0.05, 0.1) is 6.10 Å². The number of H-pyrrole nitrogens is 1. The first-order valence-electron chi connectivity index (χ1n) is 7.05. The summed E-state index contributed by atoms with van der Waals surface area (Å²) in [6.45, 7) is -1.09. The maximum Gasteiger partial charge on any atom is 0.387 e. The summed E-state index contributed by atoms with van der Waals surface area (Å²) < 4.78 is 28.6. The quantitative estimate of drug-likeness (QED) is 0.727. The molecule has 0 aliphatic heterocycles. The number of aliphatic hydroxyl groups excluding tert-OH is 1. The molecule has 0 bridgehead atoms. The lowest BCUT2D eigenvalue weighted by Crippen LogP contribution is -2.28. The van der Waals surface area contributed by atoms with Crippen molar-refractivity contribution in [3.05, 3.63) is 47.3 Å². The van der Waals surface area contributed by atoms with E-state index in [1.54, 1.807) is 12.1 Å². The third-order valence-corrected chi connectivity index (χ3v) is 3.17. The van der Waals surface area contributed by atoms with Gasteiger partial charge in [0.25, 0.3) is 5.91 Å². The van der Waals surface area contributed by atoms with Crippen molar-refractivity contribution in [2.24, 2.45) is 0 Å². The molecule has 1 heterocycles. The fourth-order valence-corrected chi connectivity index (χ4v) is 1.95. The molecular weight excluding hydrogens is 308 g/mol. The molecule has 1 aromatic carbocycles. The van der Waals surface area contributed by atoms with Crippen molar-refractivity contribution in [1.82, 2.24) is 15.5 Å². The molecule has 0 fully saturated rings. The molecule has 0 aliphatic carbocycles. The Morgan fingerprint density at radius 1 is 1.43 bits per heavy atom. The second-order valence-electron chi connectivity index (χ2n) is 4.81. The first-order valence-corrected chi connectivity index (χ1v) is 7.05. The SMILES string of the molecule is CCc1cc(C(=O)NCC(O)c2cccc(OC(F)F)c2)n[nH]1. The summed E-state index contributed by atoms with van der Waals surface area (Å²) in [6.07, 6.45) is -0.329. The summed E-state index contributed by atoms with van der Waals surface area (Å²) in [6, 6.07) is 7.32. The van der Waals surface area contributed by atoms with E-state index >= 15 is 0 Å². The van der Waals surface area contributed by atoms with Crippen LogP contribution >= 0.6 is 0 Å². The molecule has 1 unspecified atom stereocenters. The number of amides is 1. The van der Waals surface area contributed by atoms with Crippen molar-refractivity contribution in [1.29, 1.82) is 0 Å². The number of carbonyl (C=O) groups excluding carboxylic acids is 1. The number of nitrogens with zero attached hydrogens (tertiary/aromatic N) is 1. The molecule has 6 nitrogen and oxygen atoms in total. The van der Waals surface area contributed by atoms with Gasteiger partial charge in [0.1, 0.15) is 11.4 Å². The molecule has 124 valence electrons. The van der Waals surface area contributed by atoms with Crippen LogP contribution in [0.3, 0.4) is 0 Å². The van der Waals surface area contributed by atoms with Crippen LogP contribution < -0.4 is 10.1 Å². The monoisotopic (exact) mass is 325 g/mol. The van der Waals surface area contributed by atoms with Gasteiger partial charge in [-0.05, 0) is 30.2 Å². The number of carbonyl (C=O) groups is 1. The normalized spacial score (nSPS) is 12.2. The molecular formula is C15H17F2N3O3. The lowest BCUT2D eigenvalue weighted by Gasteiger charge is -2.13. The fraction of sp³-hybridized carbons (Fsp3) is 0.333. The number of aryl methyl sites for hydroxylation is 1. The van der Waals surface area contributed by atoms with Crippen molar-refractivity contribution in [2.45, 2.75) is 26.1 Å². The number of aromatic nitrogens is 2.